The molecular formula is C16H19NO6S. The van der Waals surface area contributed by atoms with Crippen molar-refractivity contribution in [2.75, 3.05) is 21.3 Å². The lowest BCUT2D eigenvalue weighted by Crippen LogP contribution is -2.38. The van der Waals surface area contributed by atoms with Gasteiger partial charge in [0.05, 0.1) is 29.9 Å². The molecule has 0 saturated carbocycles. The normalized spacial score (nSPS) is 18.0. The average molecular weight is 353 g/mol. The fourth-order valence-corrected chi connectivity index (χ4v) is 3.58. The fourth-order valence-electron chi connectivity index (χ4n) is 2.73. The van der Waals surface area contributed by atoms with Crippen LogP contribution in [0.1, 0.15) is 17.7 Å². The number of hydrogen-bond acceptors (Lipinski definition) is 7. The lowest BCUT2D eigenvalue weighted by molar-refractivity contribution is -0.137. The van der Waals surface area contributed by atoms with Crippen LogP contribution in [-0.2, 0) is 23.8 Å². The van der Waals surface area contributed by atoms with Gasteiger partial charge in [0.15, 0.2) is 6.29 Å². The predicted molar refractivity (Wildman–Crippen MR) is 87.4 cm³/mol. The van der Waals surface area contributed by atoms with Gasteiger partial charge in [0.2, 0.25) is 0 Å². The molecule has 0 bridgehead atoms. The first-order chi connectivity index (χ1) is 11.5. The third kappa shape index (κ3) is 3.21. The highest BCUT2D eigenvalue weighted by Gasteiger charge is 2.40. The number of dihydropyridines is 1. The molecule has 8 heteroatoms. The molecular weight excluding hydrogens is 334 g/mol. The summed E-state index contributed by atoms with van der Waals surface area (Å²) in [5.41, 5.74) is 1.01. The molecule has 1 aliphatic rings. The summed E-state index contributed by atoms with van der Waals surface area (Å²) in [6.07, 6.45) is -0.855. The zero-order valence-electron chi connectivity index (χ0n) is 13.8. The topological polar surface area (TPSA) is 94.1 Å². The highest BCUT2D eigenvalue weighted by atomic mass is 32.1. The molecule has 0 fully saturated rings. The second-order valence-corrected chi connectivity index (χ2v) is 6.02. The van der Waals surface area contributed by atoms with Gasteiger partial charge < -0.3 is 24.6 Å². The number of carboxylic acid groups (broad SMARTS) is 1. The minimum Gasteiger partial charge on any atom is -0.478 e. The van der Waals surface area contributed by atoms with E-state index in [1.54, 1.807) is 19.1 Å². The summed E-state index contributed by atoms with van der Waals surface area (Å²) < 4.78 is 15.4. The van der Waals surface area contributed by atoms with Gasteiger partial charge in [-0.3, -0.25) is 0 Å². The Morgan fingerprint density at radius 2 is 1.92 bits per heavy atom. The molecule has 1 unspecified atom stereocenters. The van der Waals surface area contributed by atoms with Crippen molar-refractivity contribution in [3.05, 3.63) is 44.9 Å². The van der Waals surface area contributed by atoms with Crippen molar-refractivity contribution >= 4 is 23.3 Å². The number of thiophene rings is 1. The maximum absolute atomic E-state index is 12.5. The Morgan fingerprint density at radius 1 is 1.25 bits per heavy atom. The van der Waals surface area contributed by atoms with E-state index in [2.05, 4.69) is 5.32 Å². The number of methoxy groups -OCH3 is 3. The number of carbonyl (C=O) groups is 2. The Kier molecular flexibility index (Phi) is 5.76. The van der Waals surface area contributed by atoms with Crippen molar-refractivity contribution in [3.8, 4) is 0 Å². The van der Waals surface area contributed by atoms with E-state index in [0.29, 0.717) is 11.4 Å². The van der Waals surface area contributed by atoms with Gasteiger partial charge in [0, 0.05) is 24.8 Å². The van der Waals surface area contributed by atoms with Gasteiger partial charge in [-0.05, 0) is 18.4 Å². The summed E-state index contributed by atoms with van der Waals surface area (Å²) in [4.78, 5) is 25.0. The van der Waals surface area contributed by atoms with Crippen LogP contribution in [0, 0.1) is 0 Å². The van der Waals surface area contributed by atoms with Gasteiger partial charge >= 0.3 is 11.9 Å². The molecule has 0 aliphatic carbocycles. The minimum atomic E-state index is -1.11. The molecule has 1 aliphatic heterocycles. The summed E-state index contributed by atoms with van der Waals surface area (Å²) in [5.74, 6) is -2.51. The summed E-state index contributed by atoms with van der Waals surface area (Å²) in [7, 11) is 4.12. The summed E-state index contributed by atoms with van der Waals surface area (Å²) >= 11 is 1.36. The van der Waals surface area contributed by atoms with Gasteiger partial charge in [-0.1, -0.05) is 6.07 Å². The lowest BCUT2D eigenvalue weighted by atomic mass is 9.84. The number of nitrogens with one attached hydrogen (secondary N) is 1. The van der Waals surface area contributed by atoms with Crippen LogP contribution < -0.4 is 5.32 Å². The Labute approximate surface area is 143 Å². The van der Waals surface area contributed by atoms with Crippen LogP contribution in [0.3, 0.4) is 0 Å². The maximum Gasteiger partial charge on any atom is 0.336 e. The molecule has 1 aromatic heterocycles. The van der Waals surface area contributed by atoms with E-state index in [4.69, 9.17) is 14.2 Å². The summed E-state index contributed by atoms with van der Waals surface area (Å²) in [6.45, 7) is 1.64. The van der Waals surface area contributed by atoms with Crippen LogP contribution in [0.2, 0.25) is 0 Å². The number of carboxylic acids is 1. The summed E-state index contributed by atoms with van der Waals surface area (Å²) in [5, 5.41) is 14.4. The van der Waals surface area contributed by atoms with E-state index < -0.39 is 24.1 Å². The molecule has 7 nitrogen and oxygen atoms in total. The Morgan fingerprint density at radius 3 is 2.38 bits per heavy atom. The van der Waals surface area contributed by atoms with Crippen LogP contribution in [0.25, 0.3) is 0 Å². The standard InChI is InChI=1S/C16H19NO6S/c1-8-10(14(18)19)11(9-6-5-7-24-9)12(15(20)21-2)13(17-8)16(22-3)23-4/h5-7,11,16-17H,1-4H3,(H,18,19). The van der Waals surface area contributed by atoms with Gasteiger partial charge in [0.25, 0.3) is 0 Å². The number of aliphatic carboxylic acids is 1. The third-order valence-corrected chi connectivity index (χ3v) is 4.66. The van der Waals surface area contributed by atoms with Crippen molar-refractivity contribution in [1.82, 2.24) is 5.32 Å². The van der Waals surface area contributed by atoms with Crippen molar-refractivity contribution in [2.24, 2.45) is 0 Å². The molecule has 0 spiro atoms. The van der Waals surface area contributed by atoms with Gasteiger partial charge in [-0.2, -0.15) is 0 Å². The summed E-state index contributed by atoms with van der Waals surface area (Å²) in [6, 6.07) is 3.58. The van der Waals surface area contributed by atoms with Crippen LogP contribution in [0.5, 0.6) is 0 Å². The number of carbonyl (C=O) groups excluding carboxylic acids is 1. The van der Waals surface area contributed by atoms with Gasteiger partial charge in [0.1, 0.15) is 0 Å². The smallest absolute Gasteiger partial charge is 0.336 e. The number of hydrogen-bond donors (Lipinski definition) is 2. The number of rotatable bonds is 6. The Balaban J connectivity index is 2.73. The second-order valence-electron chi connectivity index (χ2n) is 5.04. The third-order valence-electron chi connectivity index (χ3n) is 3.72. The van der Waals surface area contributed by atoms with Crippen LogP contribution >= 0.6 is 11.3 Å². The van der Waals surface area contributed by atoms with E-state index in [9.17, 15) is 14.7 Å². The molecule has 2 N–H and O–H groups in total. The number of ether oxygens (including phenoxy) is 3. The molecule has 130 valence electrons. The van der Waals surface area contributed by atoms with Crippen molar-refractivity contribution in [2.45, 2.75) is 19.1 Å². The largest absolute Gasteiger partial charge is 0.478 e. The van der Waals surface area contributed by atoms with Crippen LogP contribution in [0.4, 0.5) is 0 Å². The predicted octanol–water partition coefficient (Wildman–Crippen LogP) is 1.84. The monoisotopic (exact) mass is 353 g/mol. The maximum atomic E-state index is 12.5. The van der Waals surface area contributed by atoms with Gasteiger partial charge in [-0.25, -0.2) is 9.59 Å². The first-order valence-electron chi connectivity index (χ1n) is 7.08. The molecule has 24 heavy (non-hydrogen) atoms. The van der Waals surface area contributed by atoms with Crippen LogP contribution in [-0.4, -0.2) is 44.7 Å². The number of esters is 1. The fraction of sp³-hybridized carbons (Fsp3) is 0.375. The minimum absolute atomic E-state index is 0.0903. The van der Waals surface area contributed by atoms with Crippen LogP contribution in [0.15, 0.2) is 40.1 Å². The van der Waals surface area contributed by atoms with E-state index >= 15 is 0 Å². The van der Waals surface area contributed by atoms with Crippen molar-refractivity contribution in [3.63, 3.8) is 0 Å². The van der Waals surface area contributed by atoms with E-state index in [-0.39, 0.29) is 11.1 Å². The van der Waals surface area contributed by atoms with Crippen molar-refractivity contribution in [1.29, 1.82) is 0 Å². The van der Waals surface area contributed by atoms with E-state index in [1.165, 1.54) is 32.7 Å². The van der Waals surface area contributed by atoms with E-state index in [1.807, 2.05) is 5.38 Å². The Hall–Kier alpha value is -2.16. The highest BCUT2D eigenvalue weighted by molar-refractivity contribution is 7.10. The molecule has 2 rings (SSSR count). The first kappa shape index (κ1) is 18.2. The lowest BCUT2D eigenvalue weighted by Gasteiger charge is -2.32. The zero-order chi connectivity index (χ0) is 17.9. The first-order valence-corrected chi connectivity index (χ1v) is 7.96. The van der Waals surface area contributed by atoms with Gasteiger partial charge in [-0.15, -0.1) is 11.3 Å². The highest BCUT2D eigenvalue weighted by Crippen LogP contribution is 2.41. The quantitative estimate of drug-likeness (QED) is 0.595. The second kappa shape index (κ2) is 7.61. The SMILES string of the molecule is COC(=O)C1=C(C(OC)OC)NC(C)=C(C(=O)O)C1c1cccs1. The van der Waals surface area contributed by atoms with E-state index in [0.717, 1.165) is 4.88 Å². The molecule has 0 amide bonds. The molecule has 1 aromatic rings. The molecule has 2 heterocycles. The zero-order valence-corrected chi connectivity index (χ0v) is 14.6. The average Bonchev–Trinajstić information content (AvgIpc) is 3.08. The molecule has 0 radical (unpaired) electrons. The van der Waals surface area contributed by atoms with Crippen molar-refractivity contribution < 1.29 is 28.9 Å². The molecule has 1 atom stereocenters. The number of allylic oxidation sites excluding steroid dienone is 1. The Bertz CT molecular complexity index is 687. The molecule has 0 aromatic carbocycles. The molecule has 0 saturated heterocycles.